The highest BCUT2D eigenvalue weighted by atomic mass is 32.3. The number of aromatic amines is 2. The Balaban J connectivity index is 1.46. The zero-order valence-electron chi connectivity index (χ0n) is 29.5. The van der Waals surface area contributed by atoms with Gasteiger partial charge in [-0.1, -0.05) is 0 Å². The maximum absolute atomic E-state index is 12.2. The maximum atomic E-state index is 12.2. The van der Waals surface area contributed by atoms with E-state index in [1.54, 1.807) is 48.6 Å². The first-order valence-electron chi connectivity index (χ1n) is 16.7. The lowest BCUT2D eigenvalue weighted by Gasteiger charge is -2.04. The molecule has 8 bridgehead atoms. The first-order chi connectivity index (χ1) is 28.2. The lowest BCUT2D eigenvalue weighted by atomic mass is 10.1. The van der Waals surface area contributed by atoms with E-state index in [-0.39, 0.29) is 18.2 Å². The van der Waals surface area contributed by atoms with Gasteiger partial charge in [0.1, 0.15) is 18.2 Å². The number of thiophene rings is 4. The molecule has 0 unspecified atom stereocenters. The van der Waals surface area contributed by atoms with Gasteiger partial charge in [-0.25, -0.2) is 9.97 Å². The minimum atomic E-state index is -4.61. The molecule has 60 heavy (non-hydrogen) atoms. The quantitative estimate of drug-likeness (QED) is 0.0779. The van der Waals surface area contributed by atoms with E-state index in [2.05, 4.69) is 9.97 Å². The molecule has 16 nitrogen and oxygen atoms in total. The number of aromatic nitrogens is 4. The van der Waals surface area contributed by atoms with Gasteiger partial charge in [0, 0.05) is 74.6 Å². The average molecular weight is 959 g/mol. The van der Waals surface area contributed by atoms with E-state index in [1.807, 2.05) is 0 Å². The Kier molecular flexibility index (Phi) is 9.65. The molecule has 0 saturated heterocycles. The fraction of sp³-hybridized carbons (Fsp3) is 0. The summed E-state index contributed by atoms with van der Waals surface area (Å²) in [6.45, 7) is 0. The number of nitrogens with one attached hydrogen (secondary N) is 2. The van der Waals surface area contributed by atoms with Gasteiger partial charge in [0.15, 0.2) is 0 Å². The van der Waals surface area contributed by atoms with Gasteiger partial charge in [-0.3, -0.25) is 18.2 Å². The topological polar surface area (TPSA) is 275 Å². The molecule has 0 amide bonds. The third kappa shape index (κ3) is 7.43. The van der Waals surface area contributed by atoms with Crippen LogP contribution < -0.4 is 0 Å². The zero-order valence-corrected chi connectivity index (χ0v) is 36.0. The standard InChI is InChI=1S/C36H22N4O12S8/c41-57(42,43)17-13-29(53-15-17)35-23-5-1-19(37-23)33(27-9-11-31(55-27)59(47,48)49)20-2-6-25(38-20)36(30-14-18(16-54-30)58(44,45)46)26-8-4-22(40-26)34(21-3-7-24(35)39-21)28-10-12-32(56-28)60(50,51)52/h1-16,37,40H,(H,41,42,43)(H,44,45,46)(H,47,48,49)(H,50,51,52). The van der Waals surface area contributed by atoms with Crippen LogP contribution in [0.25, 0.3) is 88.1 Å². The van der Waals surface area contributed by atoms with Crippen molar-refractivity contribution < 1.29 is 51.9 Å². The van der Waals surface area contributed by atoms with Crippen molar-refractivity contribution in [2.75, 3.05) is 0 Å². The summed E-state index contributed by atoms with van der Waals surface area (Å²) in [7, 11) is -18.4. The lowest BCUT2D eigenvalue weighted by Crippen LogP contribution is -1.94. The van der Waals surface area contributed by atoms with Gasteiger partial charge in [-0.2, -0.15) is 33.7 Å². The fourth-order valence-corrected chi connectivity index (χ4v) is 13.7. The van der Waals surface area contributed by atoms with Crippen LogP contribution in [0, 0.1) is 0 Å². The monoisotopic (exact) mass is 958 g/mol. The summed E-state index contributed by atoms with van der Waals surface area (Å²) >= 11 is 3.58. The molecule has 7 aromatic rings. The Bertz CT molecular complexity index is 3210. The van der Waals surface area contributed by atoms with Crippen molar-refractivity contribution in [2.24, 2.45) is 0 Å². The summed E-state index contributed by atoms with van der Waals surface area (Å²) in [4.78, 5) is 17.4. The third-order valence-electron chi connectivity index (χ3n) is 9.16. The summed E-state index contributed by atoms with van der Waals surface area (Å²) in [5.41, 5.74) is 4.41. The summed E-state index contributed by atoms with van der Waals surface area (Å²) in [6, 6.07) is 14.8. The Morgan fingerprint density at radius 1 is 0.417 bits per heavy atom. The van der Waals surface area contributed by atoms with Gasteiger partial charge in [0.25, 0.3) is 20.2 Å². The van der Waals surface area contributed by atoms with Crippen molar-refractivity contribution in [1.29, 1.82) is 0 Å². The number of H-pyrrole nitrogens is 2. The Labute approximate surface area is 355 Å². The van der Waals surface area contributed by atoms with Crippen LogP contribution in [0.2, 0.25) is 0 Å². The molecule has 0 atom stereocenters. The normalized spacial score (nSPS) is 13.4. The van der Waals surface area contributed by atoms with Crippen LogP contribution in [0.5, 0.6) is 0 Å². The van der Waals surface area contributed by atoms with Crippen LogP contribution in [-0.2, 0) is 40.5 Å². The number of hydrogen-bond donors (Lipinski definition) is 6. The number of nitrogens with zero attached hydrogens (tertiary/aromatic N) is 2. The lowest BCUT2D eigenvalue weighted by molar-refractivity contribution is 0.481. The van der Waals surface area contributed by atoms with Crippen LogP contribution in [0.3, 0.4) is 0 Å². The number of hydrogen-bond acceptors (Lipinski definition) is 14. The number of rotatable bonds is 8. The summed E-state index contributed by atoms with van der Waals surface area (Å²) in [5, 5.41) is 2.53. The molecule has 6 N–H and O–H groups in total. The molecule has 306 valence electrons. The molecule has 0 saturated carbocycles. The highest BCUT2D eigenvalue weighted by Gasteiger charge is 2.24. The van der Waals surface area contributed by atoms with Crippen molar-refractivity contribution in [3.63, 3.8) is 0 Å². The minimum absolute atomic E-state index is 0.314. The first-order valence-corrected chi connectivity index (χ1v) is 25.8. The Hall–Kier alpha value is -4.96. The summed E-state index contributed by atoms with van der Waals surface area (Å²) in [6.07, 6.45) is 6.63. The molecule has 0 spiro atoms. The molecule has 0 radical (unpaired) electrons. The fourth-order valence-electron chi connectivity index (χ4n) is 6.60. The second kappa shape index (κ2) is 14.3. The van der Waals surface area contributed by atoms with Crippen LogP contribution >= 0.6 is 45.3 Å². The molecule has 2 aliphatic heterocycles. The van der Waals surface area contributed by atoms with Crippen LogP contribution in [0.15, 0.2) is 89.6 Å². The molecule has 0 aromatic carbocycles. The molecule has 2 aliphatic rings. The third-order valence-corrected chi connectivity index (χ3v) is 17.9. The van der Waals surface area contributed by atoms with E-state index in [1.165, 1.54) is 47.2 Å². The minimum Gasteiger partial charge on any atom is -0.354 e. The average Bonchev–Trinajstić information content (AvgIpc) is 3.98. The second-order valence-corrected chi connectivity index (χ2v) is 23.1. The van der Waals surface area contributed by atoms with E-state index in [0.717, 1.165) is 45.3 Å². The predicted octanol–water partition coefficient (Wildman–Crippen LogP) is 8.56. The highest BCUT2D eigenvalue weighted by Crippen LogP contribution is 2.43. The molecule has 0 aliphatic carbocycles. The summed E-state index contributed by atoms with van der Waals surface area (Å²) in [5.74, 6) is 0. The van der Waals surface area contributed by atoms with Gasteiger partial charge in [-0.15, -0.1) is 45.3 Å². The van der Waals surface area contributed by atoms with Crippen molar-refractivity contribution in [3.8, 4) is 41.8 Å². The Morgan fingerprint density at radius 3 is 1.00 bits per heavy atom. The van der Waals surface area contributed by atoms with E-state index in [4.69, 9.17) is 9.97 Å². The van der Waals surface area contributed by atoms with E-state index in [0.29, 0.717) is 86.6 Å². The van der Waals surface area contributed by atoms with Gasteiger partial charge in [-0.05, 0) is 85.0 Å². The predicted molar refractivity (Wildman–Crippen MR) is 231 cm³/mol. The molecule has 0 fully saturated rings. The van der Waals surface area contributed by atoms with Crippen molar-refractivity contribution in [1.82, 2.24) is 19.9 Å². The Morgan fingerprint density at radius 2 is 0.733 bits per heavy atom. The van der Waals surface area contributed by atoms with E-state index < -0.39 is 40.5 Å². The second-order valence-electron chi connectivity index (χ2n) is 12.9. The largest absolute Gasteiger partial charge is 0.354 e. The van der Waals surface area contributed by atoms with Gasteiger partial charge in [0.2, 0.25) is 0 Å². The van der Waals surface area contributed by atoms with Gasteiger partial charge >= 0.3 is 20.2 Å². The van der Waals surface area contributed by atoms with Crippen LogP contribution in [-0.4, -0.2) is 71.8 Å². The molecule has 24 heteroatoms. The van der Waals surface area contributed by atoms with Gasteiger partial charge < -0.3 is 9.97 Å². The van der Waals surface area contributed by atoms with Crippen LogP contribution in [0.1, 0.15) is 22.8 Å². The molecular weight excluding hydrogens is 937 g/mol. The van der Waals surface area contributed by atoms with Gasteiger partial charge in [0.05, 0.1) is 22.8 Å². The molecule has 9 rings (SSSR count). The molecule has 9 heterocycles. The van der Waals surface area contributed by atoms with Crippen molar-refractivity contribution >= 4 is 132 Å². The maximum Gasteiger partial charge on any atom is 0.304 e. The zero-order chi connectivity index (χ0) is 42.5. The van der Waals surface area contributed by atoms with E-state index >= 15 is 0 Å². The highest BCUT2D eigenvalue weighted by molar-refractivity contribution is 7.88. The smallest absolute Gasteiger partial charge is 0.304 e. The van der Waals surface area contributed by atoms with Crippen LogP contribution in [0.4, 0.5) is 0 Å². The van der Waals surface area contributed by atoms with Crippen molar-refractivity contribution in [3.05, 3.63) is 94.2 Å². The number of fused-ring (bicyclic) bond motifs is 8. The SMILES string of the molecule is O=S(=O)(O)c1csc(-c2c3nc(c(-c4ccc(S(=O)(=O)O)s4)c4ccc([nH]4)c(-c4cc(S(=O)(=O)O)cs4)c4nc(c(-c5ccc(S(=O)(=O)O)s5)c5ccc2[nH]5)C=C4)C=C3)c1. The van der Waals surface area contributed by atoms with Crippen molar-refractivity contribution in [2.45, 2.75) is 18.2 Å². The first kappa shape index (κ1) is 40.4. The van der Waals surface area contributed by atoms with E-state index in [9.17, 15) is 51.9 Å². The molecular formula is C36H22N4O12S8. The molecule has 7 aromatic heterocycles. The summed E-state index contributed by atoms with van der Waals surface area (Å²) < 4.78 is 136.